The molecule has 0 bridgehead atoms. The first-order valence-electron chi connectivity index (χ1n) is 8.60. The molecule has 144 valence electrons. The van der Waals surface area contributed by atoms with E-state index < -0.39 is 0 Å². The quantitative estimate of drug-likeness (QED) is 0.626. The number of rotatable bonds is 2. The van der Waals surface area contributed by atoms with Gasteiger partial charge in [0.15, 0.2) is 0 Å². The van der Waals surface area contributed by atoms with Crippen LogP contribution in [0.3, 0.4) is 0 Å². The molecule has 1 aromatic carbocycles. The monoisotopic (exact) mass is 430 g/mol. The summed E-state index contributed by atoms with van der Waals surface area (Å²) in [5, 5.41) is 0. The van der Waals surface area contributed by atoms with Crippen LogP contribution < -0.4 is 29.6 Å². The fourth-order valence-electron chi connectivity index (χ4n) is 3.23. The molecule has 0 fully saturated rings. The Morgan fingerprint density at radius 3 is 1.65 bits per heavy atom. The van der Waals surface area contributed by atoms with Gasteiger partial charge in [-0.1, -0.05) is 70.9 Å². The van der Waals surface area contributed by atoms with Gasteiger partial charge in [-0.25, -0.2) is 0 Å². The molecule has 2 rings (SSSR count). The van der Waals surface area contributed by atoms with E-state index in [9.17, 15) is 0 Å². The Hall–Kier alpha value is -0.206. The molecule has 0 radical (unpaired) electrons. The van der Waals surface area contributed by atoms with Gasteiger partial charge in [-0.3, -0.25) is 0 Å². The van der Waals surface area contributed by atoms with Crippen molar-refractivity contribution in [1.82, 2.24) is 0 Å². The van der Waals surface area contributed by atoms with Crippen molar-refractivity contribution in [2.24, 2.45) is 10.8 Å². The molecule has 0 saturated carbocycles. The van der Waals surface area contributed by atoms with Gasteiger partial charge in [0.1, 0.15) is 11.5 Å². The molecule has 4 heteroatoms. The second kappa shape index (κ2) is 9.83. The number of benzene rings is 1. The average molecular weight is 431 g/mol. The first-order valence-corrected chi connectivity index (χ1v) is 8.60. The van der Waals surface area contributed by atoms with Gasteiger partial charge in [0.2, 0.25) is 0 Å². The molecule has 0 heterocycles. The molecule has 1 aliphatic rings. The number of hydrogen-bond donors (Lipinski definition) is 0. The zero-order chi connectivity index (χ0) is 17.6. The van der Waals surface area contributed by atoms with Gasteiger partial charge in [-0.2, -0.15) is 0 Å². The van der Waals surface area contributed by atoms with Crippen LogP contribution in [0.4, 0.5) is 0 Å². The smallest absolute Gasteiger partial charge is 1.00 e. The maximum atomic E-state index is 6.48. The Kier molecular flexibility index (Phi) is 10.6. The van der Waals surface area contributed by atoms with E-state index in [1.54, 1.807) is 0 Å². The summed E-state index contributed by atoms with van der Waals surface area (Å²) in [6.45, 7) is 20.1. The van der Waals surface area contributed by atoms with Crippen LogP contribution >= 0.6 is 0 Å². The Bertz CT molecular complexity index is 666. The molecule has 0 atom stereocenters. The van der Waals surface area contributed by atoms with Crippen LogP contribution in [0.5, 0.6) is 5.75 Å². The standard InChI is InChI=1S/C22H32O.2ClH.Ti/c1-14-10-15(2)20(16(3)11-14)23-19-13-17(21(4,5)6)12-18(19)22(7,8)9;;;/h10-12H,13H2,1-9H3;2*1H;/q;;;+2/p-2. The third-order valence-electron chi connectivity index (χ3n) is 4.57. The first kappa shape index (κ1) is 28.0. The fourth-order valence-corrected chi connectivity index (χ4v) is 3.23. The van der Waals surface area contributed by atoms with Crippen LogP contribution in [0.1, 0.15) is 64.7 Å². The van der Waals surface area contributed by atoms with Crippen molar-refractivity contribution in [3.8, 4) is 5.75 Å². The summed E-state index contributed by atoms with van der Waals surface area (Å²) in [4.78, 5) is 0. The van der Waals surface area contributed by atoms with E-state index in [1.807, 2.05) is 0 Å². The SMILES string of the molecule is Cc1cc(C)c(OC2=C(C(C)(C)C)C=C(C(C)(C)C)C2)c(C)c1.[Cl-].[Cl-].[Ti+2]. The minimum Gasteiger partial charge on any atom is -1.00 e. The maximum Gasteiger partial charge on any atom is 2.00 e. The van der Waals surface area contributed by atoms with Gasteiger partial charge in [0, 0.05) is 6.42 Å². The predicted octanol–water partition coefficient (Wildman–Crippen LogP) is 0.673. The Morgan fingerprint density at radius 1 is 0.808 bits per heavy atom. The summed E-state index contributed by atoms with van der Waals surface area (Å²) >= 11 is 0. The molecule has 26 heavy (non-hydrogen) atoms. The second-order valence-corrected chi connectivity index (χ2v) is 9.01. The Balaban J connectivity index is 0. The van der Waals surface area contributed by atoms with Crippen molar-refractivity contribution in [3.05, 3.63) is 51.8 Å². The summed E-state index contributed by atoms with van der Waals surface area (Å²) in [5.41, 5.74) is 6.78. The van der Waals surface area contributed by atoms with Crippen molar-refractivity contribution >= 4 is 0 Å². The predicted molar refractivity (Wildman–Crippen MR) is 99.9 cm³/mol. The fraction of sp³-hybridized carbons (Fsp3) is 0.545. The molecule has 0 N–H and O–H groups in total. The minimum atomic E-state index is 0. The summed E-state index contributed by atoms with van der Waals surface area (Å²) in [6, 6.07) is 4.40. The van der Waals surface area contributed by atoms with Crippen LogP contribution in [0, 0.1) is 31.6 Å². The van der Waals surface area contributed by atoms with Crippen LogP contribution in [-0.4, -0.2) is 0 Å². The molecule has 1 nitrogen and oxygen atoms in total. The van der Waals surface area contributed by atoms with Crippen molar-refractivity contribution in [2.45, 2.75) is 68.7 Å². The summed E-state index contributed by atoms with van der Waals surface area (Å²) < 4.78 is 6.48. The normalized spacial score (nSPS) is 14.1. The molecule has 1 aliphatic carbocycles. The summed E-state index contributed by atoms with van der Waals surface area (Å²) in [5.74, 6) is 2.15. The molecule has 0 amide bonds. The van der Waals surface area contributed by atoms with Gasteiger partial charge < -0.3 is 29.6 Å². The van der Waals surface area contributed by atoms with Crippen molar-refractivity contribution in [3.63, 3.8) is 0 Å². The summed E-state index contributed by atoms with van der Waals surface area (Å²) in [7, 11) is 0. The summed E-state index contributed by atoms with van der Waals surface area (Å²) in [6.07, 6.45) is 3.29. The van der Waals surface area contributed by atoms with Gasteiger partial charge in [0.25, 0.3) is 0 Å². The van der Waals surface area contributed by atoms with Gasteiger partial charge >= 0.3 is 21.7 Å². The molecule has 1 aromatic rings. The van der Waals surface area contributed by atoms with E-state index in [0.29, 0.717) is 0 Å². The van der Waals surface area contributed by atoms with Crippen molar-refractivity contribution < 1.29 is 51.3 Å². The zero-order valence-electron chi connectivity index (χ0n) is 17.6. The molecular weight excluding hydrogens is 399 g/mol. The molecule has 0 spiro atoms. The van der Waals surface area contributed by atoms with Crippen molar-refractivity contribution in [2.75, 3.05) is 0 Å². The largest absolute Gasteiger partial charge is 2.00 e. The molecular formula is C22H32Cl2OTi. The maximum absolute atomic E-state index is 6.48. The number of ether oxygens (including phenoxy) is 1. The van der Waals surface area contributed by atoms with Crippen LogP contribution in [0.25, 0.3) is 0 Å². The number of allylic oxidation sites excluding steroid dienone is 3. The minimum absolute atomic E-state index is 0. The number of aryl methyl sites for hydroxylation is 3. The Morgan fingerprint density at radius 2 is 1.27 bits per heavy atom. The molecule has 0 aliphatic heterocycles. The van der Waals surface area contributed by atoms with Gasteiger partial charge in [-0.15, -0.1) is 0 Å². The second-order valence-electron chi connectivity index (χ2n) is 9.01. The number of halogens is 2. The van der Waals surface area contributed by atoms with Crippen molar-refractivity contribution in [1.29, 1.82) is 0 Å². The van der Waals surface area contributed by atoms with Crippen LogP contribution in [0.2, 0.25) is 0 Å². The van der Waals surface area contributed by atoms with E-state index >= 15 is 0 Å². The third kappa shape index (κ3) is 6.45. The van der Waals surface area contributed by atoms with Gasteiger partial charge in [0.05, 0.1) is 0 Å². The van der Waals surface area contributed by atoms with E-state index in [4.69, 9.17) is 4.74 Å². The average Bonchev–Trinajstić information content (AvgIpc) is 2.77. The van der Waals surface area contributed by atoms with E-state index in [0.717, 1.165) is 17.9 Å². The Labute approximate surface area is 187 Å². The number of hydrogen-bond acceptors (Lipinski definition) is 1. The van der Waals surface area contributed by atoms with E-state index in [2.05, 4.69) is 80.5 Å². The van der Waals surface area contributed by atoms with E-state index in [-0.39, 0.29) is 57.4 Å². The zero-order valence-corrected chi connectivity index (χ0v) is 20.7. The third-order valence-corrected chi connectivity index (χ3v) is 4.57. The molecule has 0 saturated heterocycles. The molecule has 0 unspecified atom stereocenters. The first-order chi connectivity index (χ1) is 10.4. The van der Waals surface area contributed by atoms with Gasteiger partial charge in [-0.05, 0) is 48.3 Å². The van der Waals surface area contributed by atoms with E-state index in [1.165, 1.54) is 27.8 Å². The molecule has 0 aromatic heterocycles. The topological polar surface area (TPSA) is 9.23 Å². The van der Waals surface area contributed by atoms with Crippen LogP contribution in [0.15, 0.2) is 35.1 Å². The van der Waals surface area contributed by atoms with Crippen LogP contribution in [-0.2, 0) is 21.7 Å².